The van der Waals surface area contributed by atoms with Crippen LogP contribution in [0.15, 0.2) is 48.5 Å². The summed E-state index contributed by atoms with van der Waals surface area (Å²) in [5, 5.41) is 6.39. The number of sulfonamides is 1. The molecule has 2 aromatic carbocycles. The fourth-order valence-corrected chi connectivity index (χ4v) is 9.69. The van der Waals surface area contributed by atoms with Crippen molar-refractivity contribution in [1.29, 1.82) is 0 Å². The van der Waals surface area contributed by atoms with Gasteiger partial charge in [-0.25, -0.2) is 13.4 Å². The van der Waals surface area contributed by atoms with Crippen LogP contribution in [0.25, 0.3) is 10.2 Å². The van der Waals surface area contributed by atoms with Crippen LogP contribution < -0.4 is 20.1 Å². The van der Waals surface area contributed by atoms with E-state index in [1.807, 2.05) is 49.4 Å². The van der Waals surface area contributed by atoms with Crippen molar-refractivity contribution in [2.24, 2.45) is 5.92 Å². The van der Waals surface area contributed by atoms with Crippen LogP contribution in [-0.2, 0) is 31.0 Å². The van der Waals surface area contributed by atoms with Crippen molar-refractivity contribution >= 4 is 49.3 Å². The summed E-state index contributed by atoms with van der Waals surface area (Å²) in [6.45, 7) is 2.72. The summed E-state index contributed by atoms with van der Waals surface area (Å²) < 4.78 is 35.2. The topological polar surface area (TPSA) is 147 Å². The first-order chi connectivity index (χ1) is 23.6. The summed E-state index contributed by atoms with van der Waals surface area (Å²) in [5.74, 6) is -1.48. The average molecular weight is 708 g/mol. The van der Waals surface area contributed by atoms with Crippen molar-refractivity contribution in [3.8, 4) is 5.19 Å². The lowest BCUT2D eigenvalue weighted by atomic mass is 10.0. The van der Waals surface area contributed by atoms with E-state index in [0.29, 0.717) is 43.8 Å². The Labute approximate surface area is 291 Å². The third-order valence-corrected chi connectivity index (χ3v) is 13.2. The highest BCUT2D eigenvalue weighted by atomic mass is 32.2. The molecule has 13 heteroatoms. The van der Waals surface area contributed by atoms with Gasteiger partial charge in [0.05, 0.1) is 28.1 Å². The minimum absolute atomic E-state index is 0.167. The first kappa shape index (κ1) is 33.9. The Morgan fingerprint density at radius 2 is 1.80 bits per heavy atom. The molecule has 3 N–H and O–H groups in total. The Morgan fingerprint density at radius 3 is 2.57 bits per heavy atom. The summed E-state index contributed by atoms with van der Waals surface area (Å²) in [6, 6.07) is 14.5. The van der Waals surface area contributed by atoms with Gasteiger partial charge in [-0.15, -0.1) is 0 Å². The summed E-state index contributed by atoms with van der Waals surface area (Å²) >= 11 is 1.43. The van der Waals surface area contributed by atoms with E-state index in [4.69, 9.17) is 4.74 Å². The molecule has 49 heavy (non-hydrogen) atoms. The highest BCUT2D eigenvalue weighted by Crippen LogP contribution is 2.48. The fourth-order valence-electron chi connectivity index (χ4n) is 7.35. The Morgan fingerprint density at radius 1 is 1.04 bits per heavy atom. The van der Waals surface area contributed by atoms with Gasteiger partial charge in [-0.1, -0.05) is 79.8 Å². The molecular formula is C36H45N5O6S2. The van der Waals surface area contributed by atoms with E-state index in [-0.39, 0.29) is 24.8 Å². The number of amides is 3. The summed E-state index contributed by atoms with van der Waals surface area (Å²) in [6.07, 6.45) is 7.19. The van der Waals surface area contributed by atoms with Gasteiger partial charge in [-0.2, -0.15) is 0 Å². The zero-order valence-corrected chi connectivity index (χ0v) is 29.5. The summed E-state index contributed by atoms with van der Waals surface area (Å²) in [7, 11) is -3.80. The molecule has 3 aromatic rings. The lowest BCUT2D eigenvalue weighted by Crippen LogP contribution is -2.58. The first-order valence-electron chi connectivity index (χ1n) is 17.6. The summed E-state index contributed by atoms with van der Waals surface area (Å²) in [5.41, 5.74) is 1.68. The molecule has 0 unspecified atom stereocenters. The second kappa shape index (κ2) is 14.0. The highest BCUT2D eigenvalue weighted by molar-refractivity contribution is 7.91. The average Bonchev–Trinajstić information content (AvgIpc) is 3.97. The molecule has 5 atom stereocenters. The number of benzene rings is 2. The van der Waals surface area contributed by atoms with Crippen LogP contribution in [-0.4, -0.2) is 71.5 Å². The number of ether oxygens (including phenoxy) is 1. The molecule has 3 amide bonds. The maximum atomic E-state index is 14.4. The third kappa shape index (κ3) is 7.63. The van der Waals surface area contributed by atoms with Crippen LogP contribution in [0.4, 0.5) is 0 Å². The van der Waals surface area contributed by atoms with E-state index in [1.54, 1.807) is 4.90 Å². The second-order valence-electron chi connectivity index (χ2n) is 14.2. The van der Waals surface area contributed by atoms with Gasteiger partial charge in [0.1, 0.15) is 17.7 Å². The van der Waals surface area contributed by atoms with Crippen molar-refractivity contribution in [2.75, 3.05) is 6.54 Å². The normalized spacial score (nSPS) is 28.1. The molecule has 0 bridgehead atoms. The molecule has 2 saturated heterocycles. The van der Waals surface area contributed by atoms with Crippen LogP contribution >= 0.6 is 11.3 Å². The number of nitrogens with one attached hydrogen (secondary N) is 3. The lowest BCUT2D eigenvalue weighted by molar-refractivity contribution is -0.141. The van der Waals surface area contributed by atoms with Crippen LogP contribution in [0.2, 0.25) is 0 Å². The van der Waals surface area contributed by atoms with Gasteiger partial charge in [0.2, 0.25) is 21.8 Å². The minimum Gasteiger partial charge on any atom is -0.465 e. The molecule has 7 rings (SSSR count). The lowest BCUT2D eigenvalue weighted by Gasteiger charge is -2.30. The molecule has 2 saturated carbocycles. The largest absolute Gasteiger partial charge is 0.465 e. The maximum absolute atomic E-state index is 14.4. The highest BCUT2D eigenvalue weighted by Gasteiger charge is 2.62. The van der Waals surface area contributed by atoms with E-state index >= 15 is 0 Å². The Hall–Kier alpha value is -3.55. The smallest absolute Gasteiger partial charge is 0.274 e. The van der Waals surface area contributed by atoms with Crippen LogP contribution in [0, 0.1) is 12.8 Å². The van der Waals surface area contributed by atoms with Gasteiger partial charge in [-0.3, -0.25) is 19.1 Å². The quantitative estimate of drug-likeness (QED) is 0.314. The van der Waals surface area contributed by atoms with Crippen molar-refractivity contribution in [2.45, 2.75) is 113 Å². The number of aromatic nitrogens is 1. The summed E-state index contributed by atoms with van der Waals surface area (Å²) in [4.78, 5) is 48.6. The van der Waals surface area contributed by atoms with E-state index in [1.165, 1.54) is 11.3 Å². The molecule has 4 fully saturated rings. The Kier molecular flexibility index (Phi) is 9.69. The van der Waals surface area contributed by atoms with Crippen LogP contribution in [0.5, 0.6) is 5.19 Å². The third-order valence-electron chi connectivity index (χ3n) is 10.4. The number of rotatable bonds is 8. The SMILES string of the molecule is Cc1ccc2nc(O[C@@H]3C[C@H]4C(=O)N[C@]5(C(=O)NS(=O)(=O)C6CC6)C[C@H]5CCCCCCC[C@H](NCc5ccccc5)C(=O)N4C3)sc2c1. The monoisotopic (exact) mass is 707 g/mol. The molecule has 0 radical (unpaired) electrons. The molecule has 0 spiro atoms. The predicted octanol–water partition coefficient (Wildman–Crippen LogP) is 4.34. The molecule has 11 nitrogen and oxygen atoms in total. The molecule has 262 valence electrons. The number of carbonyl (C=O) groups excluding carboxylic acids is 3. The number of carbonyl (C=O) groups is 3. The number of aryl methyl sites for hydroxylation is 1. The molecular weight excluding hydrogens is 663 g/mol. The number of fused-ring (bicyclic) bond motifs is 3. The molecule has 2 aliphatic heterocycles. The molecule has 2 aliphatic carbocycles. The maximum Gasteiger partial charge on any atom is 0.274 e. The van der Waals surface area contributed by atoms with Gasteiger partial charge >= 0.3 is 0 Å². The fraction of sp³-hybridized carbons (Fsp3) is 0.556. The van der Waals surface area contributed by atoms with Gasteiger partial charge in [0.15, 0.2) is 0 Å². The Balaban J connectivity index is 1.15. The van der Waals surface area contributed by atoms with E-state index in [9.17, 15) is 22.8 Å². The minimum atomic E-state index is -3.80. The van der Waals surface area contributed by atoms with Crippen molar-refractivity contribution in [3.63, 3.8) is 0 Å². The van der Waals surface area contributed by atoms with Gasteiger partial charge in [-0.05, 0) is 68.2 Å². The predicted molar refractivity (Wildman–Crippen MR) is 187 cm³/mol. The molecule has 1 aromatic heterocycles. The molecule has 3 heterocycles. The van der Waals surface area contributed by atoms with Crippen LogP contribution in [0.3, 0.4) is 0 Å². The van der Waals surface area contributed by atoms with Crippen molar-refractivity contribution in [1.82, 2.24) is 25.2 Å². The van der Waals surface area contributed by atoms with E-state index in [2.05, 4.69) is 26.4 Å². The van der Waals surface area contributed by atoms with E-state index < -0.39 is 50.8 Å². The van der Waals surface area contributed by atoms with Gasteiger partial charge < -0.3 is 20.3 Å². The number of nitrogens with zero attached hydrogens (tertiary/aromatic N) is 2. The van der Waals surface area contributed by atoms with Gasteiger partial charge in [0, 0.05) is 13.0 Å². The number of hydrogen-bond acceptors (Lipinski definition) is 9. The number of hydrogen-bond donors (Lipinski definition) is 3. The standard InChI is InChI=1S/C36H45N5O6S2/c1-23-14-17-28-31(18-23)48-35(38-28)47-26-19-30-32(42)39-36(34(44)40-49(45,46)27-15-16-27)20-25(36)12-8-3-2-4-9-13-29(33(43)41(30)22-26)37-21-24-10-6-5-7-11-24/h5-7,10-11,14,17-18,25-27,29-30,37H,2-4,8-9,12-13,15-16,19-22H2,1H3,(H,39,42)(H,40,44)/t25-,26-,29+,30+,36-/m1/s1. The van der Waals surface area contributed by atoms with E-state index in [0.717, 1.165) is 53.4 Å². The Bertz CT molecular complexity index is 1810. The van der Waals surface area contributed by atoms with Gasteiger partial charge in [0.25, 0.3) is 11.1 Å². The van der Waals surface area contributed by atoms with Crippen LogP contribution in [0.1, 0.15) is 81.8 Å². The number of thiazole rings is 1. The molecule has 4 aliphatic rings. The van der Waals surface area contributed by atoms with Crippen molar-refractivity contribution < 1.29 is 27.5 Å². The first-order valence-corrected chi connectivity index (χ1v) is 20.0. The van der Waals surface area contributed by atoms with Crippen molar-refractivity contribution in [3.05, 3.63) is 59.7 Å². The zero-order valence-electron chi connectivity index (χ0n) is 27.9. The second-order valence-corrected chi connectivity index (χ2v) is 17.2. The zero-order chi connectivity index (χ0) is 34.2.